The number of carbonyl (C=O) groups is 1. The minimum atomic E-state index is -0.0732. The van der Waals surface area contributed by atoms with Crippen molar-refractivity contribution in [1.82, 2.24) is 4.98 Å². The number of aromatic nitrogens is 1. The Morgan fingerprint density at radius 3 is 2.92 bits per heavy atom. The fourth-order valence-corrected chi connectivity index (χ4v) is 1.81. The van der Waals surface area contributed by atoms with Gasteiger partial charge >= 0.3 is 0 Å². The summed E-state index contributed by atoms with van der Waals surface area (Å²) in [6.07, 6.45) is 1.29. The molecule has 0 unspecified atom stereocenters. The van der Waals surface area contributed by atoms with Crippen LogP contribution < -0.4 is 0 Å². The van der Waals surface area contributed by atoms with Gasteiger partial charge < -0.3 is 5.11 Å². The van der Waals surface area contributed by atoms with Crippen molar-refractivity contribution in [3.05, 3.63) is 18.0 Å². The van der Waals surface area contributed by atoms with E-state index in [4.69, 9.17) is 5.11 Å². The lowest BCUT2D eigenvalue weighted by molar-refractivity contribution is 0.101. The maximum absolute atomic E-state index is 11.1. The highest BCUT2D eigenvalue weighted by Crippen LogP contribution is 2.24. The predicted molar refractivity (Wildman–Crippen MR) is 52.3 cm³/mol. The molecular weight excluding hydrogens is 186 g/mol. The zero-order valence-corrected chi connectivity index (χ0v) is 8.39. The molecule has 1 aromatic heterocycles. The van der Waals surface area contributed by atoms with Gasteiger partial charge in [-0.15, -0.1) is 11.8 Å². The fraction of sp³-hybridized carbons (Fsp3) is 0.333. The summed E-state index contributed by atoms with van der Waals surface area (Å²) in [5.41, 5.74) is 0.435. The molecular formula is C9H11NO2S. The van der Waals surface area contributed by atoms with Crippen LogP contribution in [0.15, 0.2) is 17.2 Å². The van der Waals surface area contributed by atoms with Gasteiger partial charge in [0, 0.05) is 11.8 Å². The summed E-state index contributed by atoms with van der Waals surface area (Å²) >= 11 is 1.50. The third kappa shape index (κ3) is 2.45. The van der Waals surface area contributed by atoms with E-state index in [1.165, 1.54) is 24.9 Å². The number of thioether (sulfide) groups is 1. The van der Waals surface area contributed by atoms with Gasteiger partial charge in [-0.25, -0.2) is 4.98 Å². The van der Waals surface area contributed by atoms with Crippen molar-refractivity contribution in [2.24, 2.45) is 0 Å². The Morgan fingerprint density at radius 1 is 1.69 bits per heavy atom. The van der Waals surface area contributed by atoms with Crippen molar-refractivity contribution in [2.75, 3.05) is 5.75 Å². The summed E-state index contributed by atoms with van der Waals surface area (Å²) in [5, 5.41) is 9.16. The van der Waals surface area contributed by atoms with Crippen molar-refractivity contribution < 1.29 is 9.90 Å². The summed E-state index contributed by atoms with van der Waals surface area (Å²) in [4.78, 5) is 15.7. The quantitative estimate of drug-likeness (QED) is 0.595. The van der Waals surface area contributed by atoms with Crippen LogP contribution in [0, 0.1) is 0 Å². The highest BCUT2D eigenvalue weighted by molar-refractivity contribution is 7.99. The van der Waals surface area contributed by atoms with Crippen LogP contribution in [0.3, 0.4) is 0 Å². The molecule has 1 heterocycles. The highest BCUT2D eigenvalue weighted by Gasteiger charge is 2.09. The largest absolute Gasteiger partial charge is 0.506 e. The number of carbonyl (C=O) groups excluding carboxylic acids is 1. The molecule has 13 heavy (non-hydrogen) atoms. The molecule has 0 radical (unpaired) electrons. The van der Waals surface area contributed by atoms with Gasteiger partial charge in [0.1, 0.15) is 11.4 Å². The second kappa shape index (κ2) is 4.28. The van der Waals surface area contributed by atoms with Crippen LogP contribution in [-0.2, 0) is 0 Å². The lowest BCUT2D eigenvalue weighted by atomic mass is 10.3. The van der Waals surface area contributed by atoms with Gasteiger partial charge in [-0.3, -0.25) is 4.79 Å². The summed E-state index contributed by atoms with van der Waals surface area (Å²) in [7, 11) is 0. The minimum absolute atomic E-state index is 0.0732. The first-order valence-electron chi connectivity index (χ1n) is 3.98. The van der Waals surface area contributed by atoms with Crippen LogP contribution in [0.4, 0.5) is 0 Å². The number of pyridine rings is 1. The van der Waals surface area contributed by atoms with Gasteiger partial charge in [0.2, 0.25) is 0 Å². The van der Waals surface area contributed by atoms with E-state index >= 15 is 0 Å². The van der Waals surface area contributed by atoms with E-state index in [0.717, 1.165) is 10.6 Å². The van der Waals surface area contributed by atoms with Crippen LogP contribution in [0.25, 0.3) is 0 Å². The standard InChI is InChI=1S/C9H11NO2S/c1-3-13-8-4-7(12)5-10-9(8)6(2)11/h4-5,12H,3H2,1-2H3. The van der Waals surface area contributed by atoms with Gasteiger partial charge in [0.05, 0.1) is 6.20 Å². The average molecular weight is 197 g/mol. The molecule has 0 atom stereocenters. The third-order valence-electron chi connectivity index (χ3n) is 1.47. The molecule has 4 heteroatoms. The van der Waals surface area contributed by atoms with E-state index in [0.29, 0.717) is 5.69 Å². The summed E-state index contributed by atoms with van der Waals surface area (Å²) in [6.45, 7) is 3.46. The number of rotatable bonds is 3. The van der Waals surface area contributed by atoms with Crippen molar-refractivity contribution in [3.63, 3.8) is 0 Å². The van der Waals surface area contributed by atoms with Crippen molar-refractivity contribution >= 4 is 17.5 Å². The Bertz CT molecular complexity index is 325. The predicted octanol–water partition coefficient (Wildman–Crippen LogP) is 2.10. The molecule has 0 bridgehead atoms. The molecule has 1 aromatic rings. The number of ketones is 1. The van der Waals surface area contributed by atoms with Crippen LogP contribution in [-0.4, -0.2) is 21.6 Å². The molecule has 0 aliphatic heterocycles. The first-order valence-corrected chi connectivity index (χ1v) is 4.96. The molecule has 0 aliphatic carbocycles. The molecule has 0 amide bonds. The highest BCUT2D eigenvalue weighted by atomic mass is 32.2. The molecule has 0 spiro atoms. The monoisotopic (exact) mass is 197 g/mol. The topological polar surface area (TPSA) is 50.2 Å². The van der Waals surface area contributed by atoms with Gasteiger partial charge in [-0.05, 0) is 11.8 Å². The van der Waals surface area contributed by atoms with Crippen molar-refractivity contribution in [1.29, 1.82) is 0 Å². The number of nitrogens with zero attached hydrogens (tertiary/aromatic N) is 1. The molecule has 0 saturated heterocycles. The first-order chi connectivity index (χ1) is 6.15. The Labute approximate surface area is 81.2 Å². The fourth-order valence-electron chi connectivity index (χ4n) is 0.964. The number of Topliss-reactive ketones (excluding diaryl/α,β-unsaturated/α-hetero) is 1. The average Bonchev–Trinajstić information content (AvgIpc) is 2.04. The molecule has 3 nitrogen and oxygen atoms in total. The van der Waals surface area contributed by atoms with Crippen molar-refractivity contribution in [3.8, 4) is 5.75 Å². The van der Waals surface area contributed by atoms with E-state index in [1.54, 1.807) is 6.07 Å². The van der Waals surface area contributed by atoms with Gasteiger partial charge in [0.15, 0.2) is 5.78 Å². The third-order valence-corrected chi connectivity index (χ3v) is 2.38. The minimum Gasteiger partial charge on any atom is -0.506 e. The molecule has 0 aromatic carbocycles. The lowest BCUT2D eigenvalue weighted by Gasteiger charge is -2.03. The molecule has 0 fully saturated rings. The molecule has 1 rings (SSSR count). The number of aromatic hydroxyl groups is 1. The zero-order chi connectivity index (χ0) is 9.84. The van der Waals surface area contributed by atoms with E-state index in [9.17, 15) is 4.79 Å². The van der Waals surface area contributed by atoms with Gasteiger partial charge in [-0.1, -0.05) is 6.92 Å². The van der Waals surface area contributed by atoms with Gasteiger partial charge in [0.25, 0.3) is 0 Å². The zero-order valence-electron chi connectivity index (χ0n) is 7.57. The second-order valence-electron chi connectivity index (χ2n) is 2.53. The normalized spacial score (nSPS) is 10.0. The number of hydrogen-bond acceptors (Lipinski definition) is 4. The Morgan fingerprint density at radius 2 is 2.38 bits per heavy atom. The van der Waals surface area contributed by atoms with Crippen LogP contribution in [0.2, 0.25) is 0 Å². The first kappa shape index (κ1) is 10.1. The molecule has 70 valence electrons. The van der Waals surface area contributed by atoms with Crippen LogP contribution in [0.5, 0.6) is 5.75 Å². The molecule has 0 saturated carbocycles. The second-order valence-corrected chi connectivity index (χ2v) is 3.84. The maximum atomic E-state index is 11.1. The van der Waals surface area contributed by atoms with E-state index < -0.39 is 0 Å². The smallest absolute Gasteiger partial charge is 0.179 e. The number of hydrogen-bond donors (Lipinski definition) is 1. The van der Waals surface area contributed by atoms with Crippen LogP contribution >= 0.6 is 11.8 Å². The van der Waals surface area contributed by atoms with E-state index in [1.807, 2.05) is 6.92 Å². The summed E-state index contributed by atoms with van der Waals surface area (Å²) < 4.78 is 0. The SMILES string of the molecule is CCSc1cc(O)cnc1C(C)=O. The summed E-state index contributed by atoms with van der Waals surface area (Å²) in [5.74, 6) is 0.878. The van der Waals surface area contributed by atoms with E-state index in [2.05, 4.69) is 4.98 Å². The van der Waals surface area contributed by atoms with E-state index in [-0.39, 0.29) is 11.5 Å². The van der Waals surface area contributed by atoms with Crippen molar-refractivity contribution in [2.45, 2.75) is 18.7 Å². The lowest BCUT2D eigenvalue weighted by Crippen LogP contribution is -1.98. The van der Waals surface area contributed by atoms with Gasteiger partial charge in [-0.2, -0.15) is 0 Å². The Hall–Kier alpha value is -1.03. The summed E-state index contributed by atoms with van der Waals surface area (Å²) in [6, 6.07) is 1.57. The Kier molecular flexibility index (Phi) is 3.31. The maximum Gasteiger partial charge on any atom is 0.179 e. The Balaban J connectivity index is 3.10. The van der Waals surface area contributed by atoms with Crippen LogP contribution in [0.1, 0.15) is 24.3 Å². The molecule has 0 aliphatic rings. The molecule has 1 N–H and O–H groups in total.